The molecule has 0 unspecified atom stereocenters. The van der Waals surface area contributed by atoms with E-state index in [0.717, 1.165) is 48.0 Å². The molecule has 0 aliphatic carbocycles. The molecule has 25 heavy (non-hydrogen) atoms. The van der Waals surface area contributed by atoms with E-state index in [0.29, 0.717) is 6.54 Å². The Bertz CT molecular complexity index is 919. The van der Waals surface area contributed by atoms with Crippen molar-refractivity contribution in [2.24, 2.45) is 0 Å². The van der Waals surface area contributed by atoms with Crippen molar-refractivity contribution >= 4 is 39.9 Å². The minimum atomic E-state index is -0.0166. The van der Waals surface area contributed by atoms with E-state index in [4.69, 9.17) is 0 Å². The number of hydrogen-bond donors (Lipinski definition) is 1. The Morgan fingerprint density at radius 2 is 2.00 bits per heavy atom. The Kier molecular flexibility index (Phi) is 4.54. The lowest BCUT2D eigenvalue weighted by Crippen LogP contribution is -2.36. The summed E-state index contributed by atoms with van der Waals surface area (Å²) in [6, 6.07) is 16.1. The number of hydrogen-bond acceptors (Lipinski definition) is 5. The molecule has 4 rings (SSSR count). The third kappa shape index (κ3) is 3.60. The van der Waals surface area contributed by atoms with Gasteiger partial charge in [-0.2, -0.15) is 8.75 Å². The van der Waals surface area contributed by atoms with Crippen LogP contribution in [0.3, 0.4) is 0 Å². The molecule has 0 atom stereocenters. The standard InChI is InChI=1S/C19H18N4OS/c24-18(20-16-7-4-8-17-19(16)22-25-21-17)13-23-11-9-15(10-12-23)14-5-2-1-3-6-14/h1-9H,10-13H2,(H,20,24). The maximum Gasteiger partial charge on any atom is 0.238 e. The van der Waals surface area contributed by atoms with Crippen molar-refractivity contribution in [3.8, 4) is 0 Å². The monoisotopic (exact) mass is 350 g/mol. The summed E-state index contributed by atoms with van der Waals surface area (Å²) in [6.07, 6.45) is 3.18. The molecule has 1 aliphatic rings. The highest BCUT2D eigenvalue weighted by molar-refractivity contribution is 7.00. The minimum absolute atomic E-state index is 0.0166. The molecule has 2 heterocycles. The molecule has 3 aromatic rings. The van der Waals surface area contributed by atoms with Gasteiger partial charge in [-0.05, 0) is 29.7 Å². The van der Waals surface area contributed by atoms with Gasteiger partial charge >= 0.3 is 0 Å². The van der Waals surface area contributed by atoms with Crippen molar-refractivity contribution in [3.63, 3.8) is 0 Å². The van der Waals surface area contributed by atoms with E-state index in [1.165, 1.54) is 11.1 Å². The quantitative estimate of drug-likeness (QED) is 0.783. The number of nitrogens with one attached hydrogen (secondary N) is 1. The smallest absolute Gasteiger partial charge is 0.238 e. The first-order chi connectivity index (χ1) is 12.3. The van der Waals surface area contributed by atoms with E-state index in [2.05, 4.69) is 49.3 Å². The highest BCUT2D eigenvalue weighted by atomic mass is 32.1. The maximum absolute atomic E-state index is 12.4. The highest BCUT2D eigenvalue weighted by Crippen LogP contribution is 2.23. The fraction of sp³-hybridized carbons (Fsp3) is 0.211. The van der Waals surface area contributed by atoms with Crippen LogP contribution in [0.15, 0.2) is 54.6 Å². The molecule has 1 aliphatic heterocycles. The van der Waals surface area contributed by atoms with Crippen LogP contribution in [0.1, 0.15) is 12.0 Å². The summed E-state index contributed by atoms with van der Waals surface area (Å²) in [5.74, 6) is -0.0166. The Labute approximate surface area is 150 Å². The lowest BCUT2D eigenvalue weighted by Gasteiger charge is -2.25. The van der Waals surface area contributed by atoms with Crippen molar-refractivity contribution in [3.05, 3.63) is 60.2 Å². The molecule has 0 saturated heterocycles. The Morgan fingerprint density at radius 1 is 1.12 bits per heavy atom. The van der Waals surface area contributed by atoms with E-state index in [1.54, 1.807) is 0 Å². The molecule has 1 N–H and O–H groups in total. The number of anilines is 1. The lowest BCUT2D eigenvalue weighted by molar-refractivity contribution is -0.117. The molecule has 2 aromatic carbocycles. The van der Waals surface area contributed by atoms with Crippen LogP contribution < -0.4 is 5.32 Å². The third-order valence-electron chi connectivity index (χ3n) is 4.37. The lowest BCUT2D eigenvalue weighted by atomic mass is 10.00. The average Bonchev–Trinajstić information content (AvgIpc) is 3.13. The fourth-order valence-corrected chi connectivity index (χ4v) is 3.62. The van der Waals surface area contributed by atoms with Crippen molar-refractivity contribution in [2.45, 2.75) is 6.42 Å². The van der Waals surface area contributed by atoms with Crippen molar-refractivity contribution < 1.29 is 4.79 Å². The number of nitrogens with zero attached hydrogens (tertiary/aromatic N) is 3. The summed E-state index contributed by atoms with van der Waals surface area (Å²) < 4.78 is 8.46. The van der Waals surface area contributed by atoms with E-state index < -0.39 is 0 Å². The van der Waals surface area contributed by atoms with Crippen molar-refractivity contribution in [1.82, 2.24) is 13.6 Å². The van der Waals surface area contributed by atoms with Crippen LogP contribution in [0, 0.1) is 0 Å². The first kappa shape index (κ1) is 15.9. The van der Waals surface area contributed by atoms with Gasteiger partial charge in [0.05, 0.1) is 24.0 Å². The summed E-state index contributed by atoms with van der Waals surface area (Å²) in [6.45, 7) is 2.06. The van der Waals surface area contributed by atoms with E-state index in [-0.39, 0.29) is 5.91 Å². The third-order valence-corrected chi connectivity index (χ3v) is 4.91. The van der Waals surface area contributed by atoms with Crippen LogP contribution in [0.4, 0.5) is 5.69 Å². The second kappa shape index (κ2) is 7.13. The zero-order valence-electron chi connectivity index (χ0n) is 13.7. The van der Waals surface area contributed by atoms with Gasteiger partial charge in [-0.1, -0.05) is 42.5 Å². The zero-order chi connectivity index (χ0) is 17.1. The van der Waals surface area contributed by atoms with Gasteiger partial charge in [0, 0.05) is 13.1 Å². The Hall–Kier alpha value is -2.57. The topological polar surface area (TPSA) is 58.1 Å². The number of fused-ring (bicyclic) bond motifs is 1. The number of benzene rings is 2. The summed E-state index contributed by atoms with van der Waals surface area (Å²) in [5, 5.41) is 2.96. The Morgan fingerprint density at radius 3 is 2.80 bits per heavy atom. The van der Waals surface area contributed by atoms with E-state index >= 15 is 0 Å². The number of carbonyl (C=O) groups excluding carboxylic acids is 1. The SMILES string of the molecule is O=C(CN1CC=C(c2ccccc2)CC1)Nc1cccc2nsnc12. The van der Waals surface area contributed by atoms with Crippen LogP contribution in [-0.4, -0.2) is 39.2 Å². The van der Waals surface area contributed by atoms with Crippen LogP contribution in [0.2, 0.25) is 0 Å². The molecule has 0 fully saturated rings. The second-order valence-corrected chi connectivity index (χ2v) is 6.59. The summed E-state index contributed by atoms with van der Waals surface area (Å²) in [4.78, 5) is 14.5. The second-order valence-electron chi connectivity index (χ2n) is 6.07. The molecule has 6 heteroatoms. The Balaban J connectivity index is 1.38. The molecule has 126 valence electrons. The van der Waals surface area contributed by atoms with Gasteiger partial charge in [0.15, 0.2) is 0 Å². The first-order valence-electron chi connectivity index (χ1n) is 8.27. The summed E-state index contributed by atoms with van der Waals surface area (Å²) >= 11 is 1.16. The molecule has 5 nitrogen and oxygen atoms in total. The number of rotatable bonds is 4. The van der Waals surface area contributed by atoms with Crippen molar-refractivity contribution in [1.29, 1.82) is 0 Å². The zero-order valence-corrected chi connectivity index (χ0v) is 14.5. The minimum Gasteiger partial charge on any atom is -0.323 e. The predicted octanol–water partition coefficient (Wildman–Crippen LogP) is 3.42. The predicted molar refractivity (Wildman–Crippen MR) is 102 cm³/mol. The van der Waals surface area contributed by atoms with Crippen LogP contribution >= 0.6 is 11.7 Å². The molecule has 0 spiro atoms. The summed E-state index contributed by atoms with van der Waals surface area (Å²) in [7, 11) is 0. The normalized spacial score (nSPS) is 15.1. The number of amides is 1. The van der Waals surface area contributed by atoms with Gasteiger partial charge in [-0.15, -0.1) is 0 Å². The molecule has 0 radical (unpaired) electrons. The largest absolute Gasteiger partial charge is 0.323 e. The van der Waals surface area contributed by atoms with Gasteiger partial charge < -0.3 is 5.32 Å². The fourth-order valence-electron chi connectivity index (χ4n) is 3.07. The molecular formula is C19H18N4OS. The van der Waals surface area contributed by atoms with Crippen LogP contribution in [-0.2, 0) is 4.79 Å². The van der Waals surface area contributed by atoms with E-state index in [9.17, 15) is 4.79 Å². The molecule has 1 aromatic heterocycles. The average molecular weight is 350 g/mol. The molecule has 1 amide bonds. The van der Waals surface area contributed by atoms with Gasteiger partial charge in [-0.25, -0.2) is 0 Å². The van der Waals surface area contributed by atoms with Crippen LogP contribution in [0.5, 0.6) is 0 Å². The van der Waals surface area contributed by atoms with E-state index in [1.807, 2.05) is 24.3 Å². The molecular weight excluding hydrogens is 332 g/mol. The number of aromatic nitrogens is 2. The molecule has 0 bridgehead atoms. The van der Waals surface area contributed by atoms with Gasteiger partial charge in [0.25, 0.3) is 0 Å². The highest BCUT2D eigenvalue weighted by Gasteiger charge is 2.16. The van der Waals surface area contributed by atoms with Gasteiger partial charge in [0.2, 0.25) is 5.91 Å². The summed E-state index contributed by atoms with van der Waals surface area (Å²) in [5.41, 5.74) is 4.93. The first-order valence-corrected chi connectivity index (χ1v) is 9.00. The van der Waals surface area contributed by atoms with Gasteiger partial charge in [0.1, 0.15) is 11.0 Å². The van der Waals surface area contributed by atoms with Gasteiger partial charge in [-0.3, -0.25) is 9.69 Å². The molecule has 0 saturated carbocycles. The maximum atomic E-state index is 12.4. The van der Waals surface area contributed by atoms with Crippen molar-refractivity contribution in [2.75, 3.05) is 25.0 Å². The van der Waals surface area contributed by atoms with Crippen LogP contribution in [0.25, 0.3) is 16.6 Å². The number of carbonyl (C=O) groups is 1.